The van der Waals surface area contributed by atoms with E-state index in [-0.39, 0.29) is 0 Å². The minimum atomic E-state index is 0.302. The standard InChI is InChI=1S/C12H26N4O/c1-3-11(8-12(13)15-17)14-9-10(2)16-6-4-5-7-16/h10-11,14,17H,3-9H2,1-2H3,(H2,13,15). The fourth-order valence-corrected chi connectivity index (χ4v) is 2.30. The molecule has 1 aliphatic rings. The second-order valence-electron chi connectivity index (χ2n) is 4.90. The molecular formula is C12H26N4O. The second kappa shape index (κ2) is 7.50. The molecule has 1 rings (SSSR count). The lowest BCUT2D eigenvalue weighted by Crippen LogP contribution is -2.43. The van der Waals surface area contributed by atoms with E-state index in [1.165, 1.54) is 25.9 Å². The van der Waals surface area contributed by atoms with Crippen molar-refractivity contribution >= 4 is 5.84 Å². The molecule has 5 heteroatoms. The van der Waals surface area contributed by atoms with Gasteiger partial charge in [-0.05, 0) is 39.3 Å². The largest absolute Gasteiger partial charge is 0.409 e. The van der Waals surface area contributed by atoms with Crippen molar-refractivity contribution in [2.45, 2.75) is 51.6 Å². The van der Waals surface area contributed by atoms with Crippen LogP contribution in [0, 0.1) is 0 Å². The molecule has 1 aliphatic heterocycles. The Kier molecular flexibility index (Phi) is 6.29. The summed E-state index contributed by atoms with van der Waals surface area (Å²) < 4.78 is 0. The lowest BCUT2D eigenvalue weighted by molar-refractivity contribution is 0.245. The van der Waals surface area contributed by atoms with Gasteiger partial charge < -0.3 is 16.3 Å². The van der Waals surface area contributed by atoms with E-state index in [1.807, 2.05) is 0 Å². The second-order valence-corrected chi connectivity index (χ2v) is 4.90. The quantitative estimate of drug-likeness (QED) is 0.269. The lowest BCUT2D eigenvalue weighted by Gasteiger charge is -2.26. The van der Waals surface area contributed by atoms with Crippen LogP contribution in [0.3, 0.4) is 0 Å². The number of likely N-dealkylation sites (tertiary alicyclic amines) is 1. The van der Waals surface area contributed by atoms with Crippen LogP contribution in [0.4, 0.5) is 0 Å². The van der Waals surface area contributed by atoms with E-state index < -0.39 is 0 Å². The van der Waals surface area contributed by atoms with Crippen LogP contribution in [0.5, 0.6) is 0 Å². The number of oxime groups is 1. The van der Waals surface area contributed by atoms with Crippen molar-refractivity contribution in [1.29, 1.82) is 0 Å². The maximum absolute atomic E-state index is 8.56. The van der Waals surface area contributed by atoms with Gasteiger partial charge in [0.2, 0.25) is 0 Å². The Hall–Kier alpha value is -0.810. The van der Waals surface area contributed by atoms with E-state index >= 15 is 0 Å². The lowest BCUT2D eigenvalue weighted by atomic mass is 10.1. The average molecular weight is 242 g/mol. The first-order chi connectivity index (χ1) is 8.17. The number of hydrogen-bond donors (Lipinski definition) is 3. The maximum atomic E-state index is 8.56. The average Bonchev–Trinajstić information content (AvgIpc) is 2.87. The van der Waals surface area contributed by atoms with Crippen LogP contribution < -0.4 is 11.1 Å². The number of hydrogen-bond acceptors (Lipinski definition) is 4. The molecule has 1 saturated heterocycles. The molecule has 0 spiro atoms. The molecule has 1 fully saturated rings. The zero-order chi connectivity index (χ0) is 12.7. The molecule has 0 aromatic carbocycles. The normalized spacial score (nSPS) is 21.6. The molecule has 4 N–H and O–H groups in total. The first kappa shape index (κ1) is 14.3. The van der Waals surface area contributed by atoms with Gasteiger partial charge in [-0.2, -0.15) is 0 Å². The summed E-state index contributed by atoms with van der Waals surface area (Å²) in [6.07, 6.45) is 4.25. The summed E-state index contributed by atoms with van der Waals surface area (Å²) in [4.78, 5) is 2.52. The molecule has 2 unspecified atom stereocenters. The first-order valence-corrected chi connectivity index (χ1v) is 6.61. The van der Waals surface area contributed by atoms with Gasteiger partial charge in [-0.25, -0.2) is 0 Å². The van der Waals surface area contributed by atoms with Gasteiger partial charge in [0.15, 0.2) is 0 Å². The molecule has 100 valence electrons. The van der Waals surface area contributed by atoms with Crippen LogP contribution in [0.2, 0.25) is 0 Å². The van der Waals surface area contributed by atoms with Gasteiger partial charge in [-0.1, -0.05) is 12.1 Å². The molecule has 17 heavy (non-hydrogen) atoms. The van der Waals surface area contributed by atoms with Gasteiger partial charge in [-0.15, -0.1) is 0 Å². The van der Waals surface area contributed by atoms with E-state index in [2.05, 4.69) is 29.2 Å². The van der Waals surface area contributed by atoms with Crippen LogP contribution in [-0.4, -0.2) is 47.7 Å². The Morgan fingerprint density at radius 2 is 2.12 bits per heavy atom. The SMILES string of the molecule is CCC(CC(N)=NO)NCC(C)N1CCCC1. The minimum Gasteiger partial charge on any atom is -0.409 e. The third kappa shape index (κ3) is 4.91. The predicted molar refractivity (Wildman–Crippen MR) is 70.4 cm³/mol. The summed E-state index contributed by atoms with van der Waals surface area (Å²) in [5.74, 6) is 0.304. The number of nitrogens with one attached hydrogen (secondary N) is 1. The maximum Gasteiger partial charge on any atom is 0.140 e. The molecule has 0 aliphatic carbocycles. The summed E-state index contributed by atoms with van der Waals surface area (Å²) in [6, 6.07) is 0.870. The van der Waals surface area contributed by atoms with E-state index in [0.717, 1.165) is 13.0 Å². The summed E-state index contributed by atoms with van der Waals surface area (Å²) in [7, 11) is 0. The Morgan fingerprint density at radius 3 is 2.65 bits per heavy atom. The van der Waals surface area contributed by atoms with Gasteiger partial charge in [-0.3, -0.25) is 4.90 Å². The van der Waals surface area contributed by atoms with Crippen molar-refractivity contribution in [3.63, 3.8) is 0 Å². The molecule has 0 saturated carbocycles. The Labute approximate surface area is 104 Å². The number of rotatable bonds is 7. The van der Waals surface area contributed by atoms with Crippen LogP contribution in [-0.2, 0) is 0 Å². The highest BCUT2D eigenvalue weighted by Crippen LogP contribution is 2.11. The summed E-state index contributed by atoms with van der Waals surface area (Å²) in [5.41, 5.74) is 5.53. The van der Waals surface area contributed by atoms with Gasteiger partial charge in [0.05, 0.1) is 0 Å². The zero-order valence-electron chi connectivity index (χ0n) is 11.0. The molecule has 0 amide bonds. The highest BCUT2D eigenvalue weighted by molar-refractivity contribution is 5.80. The number of amidine groups is 1. The van der Waals surface area contributed by atoms with E-state index in [9.17, 15) is 0 Å². The summed E-state index contributed by atoms with van der Waals surface area (Å²) in [5, 5.41) is 15.1. The molecular weight excluding hydrogens is 216 g/mol. The Morgan fingerprint density at radius 1 is 1.47 bits per heavy atom. The molecule has 0 aromatic rings. The predicted octanol–water partition coefficient (Wildman–Crippen LogP) is 0.975. The van der Waals surface area contributed by atoms with Crippen molar-refractivity contribution in [3.8, 4) is 0 Å². The van der Waals surface area contributed by atoms with Crippen molar-refractivity contribution in [2.75, 3.05) is 19.6 Å². The van der Waals surface area contributed by atoms with Crippen molar-refractivity contribution < 1.29 is 5.21 Å². The number of nitrogens with two attached hydrogens (primary N) is 1. The topological polar surface area (TPSA) is 73.9 Å². The monoisotopic (exact) mass is 242 g/mol. The third-order valence-electron chi connectivity index (χ3n) is 3.54. The van der Waals surface area contributed by atoms with Gasteiger partial charge in [0, 0.05) is 25.0 Å². The Bertz CT molecular complexity index is 239. The van der Waals surface area contributed by atoms with Crippen LogP contribution in [0.15, 0.2) is 5.16 Å². The molecule has 5 nitrogen and oxygen atoms in total. The summed E-state index contributed by atoms with van der Waals surface area (Å²) >= 11 is 0. The van der Waals surface area contributed by atoms with Crippen molar-refractivity contribution in [1.82, 2.24) is 10.2 Å². The van der Waals surface area contributed by atoms with E-state index in [4.69, 9.17) is 10.9 Å². The molecule has 2 atom stereocenters. The zero-order valence-corrected chi connectivity index (χ0v) is 11.0. The highest BCUT2D eigenvalue weighted by atomic mass is 16.4. The van der Waals surface area contributed by atoms with Gasteiger partial charge >= 0.3 is 0 Å². The van der Waals surface area contributed by atoms with Crippen molar-refractivity contribution in [2.24, 2.45) is 10.9 Å². The fraction of sp³-hybridized carbons (Fsp3) is 0.917. The van der Waals surface area contributed by atoms with E-state index in [1.54, 1.807) is 0 Å². The van der Waals surface area contributed by atoms with E-state index in [0.29, 0.717) is 24.3 Å². The molecule has 0 aromatic heterocycles. The smallest absolute Gasteiger partial charge is 0.140 e. The number of nitrogens with zero attached hydrogens (tertiary/aromatic N) is 2. The van der Waals surface area contributed by atoms with Gasteiger partial charge in [0.1, 0.15) is 5.84 Å². The first-order valence-electron chi connectivity index (χ1n) is 6.61. The molecule has 0 bridgehead atoms. The Balaban J connectivity index is 2.26. The van der Waals surface area contributed by atoms with Crippen LogP contribution in [0.25, 0.3) is 0 Å². The third-order valence-corrected chi connectivity index (χ3v) is 3.54. The van der Waals surface area contributed by atoms with Gasteiger partial charge in [0.25, 0.3) is 0 Å². The van der Waals surface area contributed by atoms with Crippen LogP contribution >= 0.6 is 0 Å². The van der Waals surface area contributed by atoms with Crippen LogP contribution in [0.1, 0.15) is 39.5 Å². The molecule has 1 heterocycles. The van der Waals surface area contributed by atoms with Crippen molar-refractivity contribution in [3.05, 3.63) is 0 Å². The summed E-state index contributed by atoms with van der Waals surface area (Å²) in [6.45, 7) is 7.79. The minimum absolute atomic E-state index is 0.302. The highest BCUT2D eigenvalue weighted by Gasteiger charge is 2.18. The molecule has 0 radical (unpaired) electrons. The fourth-order valence-electron chi connectivity index (χ4n) is 2.30.